The van der Waals surface area contributed by atoms with Gasteiger partial charge in [0.15, 0.2) is 0 Å². The first kappa shape index (κ1) is 23.7. The summed E-state index contributed by atoms with van der Waals surface area (Å²) in [7, 11) is 0. The summed E-state index contributed by atoms with van der Waals surface area (Å²) in [6.45, 7) is 0. The summed E-state index contributed by atoms with van der Waals surface area (Å²) in [4.78, 5) is 0. The molecule has 0 amide bonds. The van der Waals surface area contributed by atoms with Gasteiger partial charge in [-0.1, -0.05) is 170 Å². The minimum absolute atomic E-state index is 1.26. The highest BCUT2D eigenvalue weighted by atomic mass is 14.1. The molecule has 0 saturated carbocycles. The van der Waals surface area contributed by atoms with Gasteiger partial charge in [0.1, 0.15) is 6.15 Å². The first-order chi connectivity index (χ1) is 20.3. The van der Waals surface area contributed by atoms with E-state index >= 15 is 0 Å². The quantitative estimate of drug-likeness (QED) is 0.209. The largest absolute Gasteiger partial charge is 0.195 e. The average Bonchev–Trinajstić information content (AvgIpc) is 3.05. The zero-order valence-corrected chi connectivity index (χ0v) is 22.7. The lowest BCUT2D eigenvalue weighted by molar-refractivity contribution is 1.71. The summed E-state index contributed by atoms with van der Waals surface area (Å²) in [5.74, 6) is 0. The van der Waals surface area contributed by atoms with Crippen LogP contribution in [0.2, 0.25) is 0 Å². The van der Waals surface area contributed by atoms with Gasteiger partial charge in [-0.05, 0) is 43.1 Å². The normalized spacial score (nSPS) is 11.9. The number of benzene rings is 8. The highest BCUT2D eigenvalue weighted by Crippen LogP contribution is 2.22. The summed E-state index contributed by atoms with van der Waals surface area (Å²) >= 11 is 0. The SMILES string of the molecule is c1ccc2cc([B-](c3ccc4ccccc4c3)(c3ccc4ccccc4c3)c3ccc4ccccc4c3)ccc2c1. The van der Waals surface area contributed by atoms with Gasteiger partial charge in [-0.3, -0.25) is 0 Å². The Morgan fingerprint density at radius 2 is 0.439 bits per heavy atom. The molecule has 0 N–H and O–H groups in total. The van der Waals surface area contributed by atoms with E-state index in [2.05, 4.69) is 170 Å². The molecule has 0 aliphatic heterocycles. The van der Waals surface area contributed by atoms with Crippen molar-refractivity contribution in [2.75, 3.05) is 0 Å². The van der Waals surface area contributed by atoms with Gasteiger partial charge in [0.2, 0.25) is 0 Å². The zero-order chi connectivity index (χ0) is 27.2. The van der Waals surface area contributed by atoms with E-state index in [0.29, 0.717) is 0 Å². The van der Waals surface area contributed by atoms with E-state index in [1.807, 2.05) is 0 Å². The monoisotopic (exact) mass is 519 g/mol. The second-order valence-corrected chi connectivity index (χ2v) is 11.3. The number of rotatable bonds is 4. The van der Waals surface area contributed by atoms with Crippen LogP contribution >= 0.6 is 0 Å². The van der Waals surface area contributed by atoms with E-state index in [9.17, 15) is 0 Å². The first-order valence-corrected chi connectivity index (χ1v) is 14.4. The lowest BCUT2D eigenvalue weighted by atomic mass is 9.13. The molecule has 0 heterocycles. The fourth-order valence-electron chi connectivity index (χ4n) is 7.06. The molecule has 8 rings (SSSR count). The van der Waals surface area contributed by atoms with E-state index in [4.69, 9.17) is 0 Å². The standard InChI is InChI=1S/C40H28B/c1-5-13-33-25-37(21-17-29(33)9-1)41(38-22-18-30-10-2-6-14-34(30)26-38,39-23-19-31-11-3-7-15-35(31)27-39)40-24-20-32-12-4-8-16-36(32)28-40/h1-28H/q-1. The molecule has 0 atom stereocenters. The van der Waals surface area contributed by atoms with Crippen molar-refractivity contribution in [3.63, 3.8) is 0 Å². The Balaban J connectivity index is 1.55. The summed E-state index contributed by atoms with van der Waals surface area (Å²) in [6, 6.07) is 63.2. The molecular weight excluding hydrogens is 491 g/mol. The summed E-state index contributed by atoms with van der Waals surface area (Å²) < 4.78 is 0. The van der Waals surface area contributed by atoms with Gasteiger partial charge in [-0.15, -0.1) is 0 Å². The van der Waals surface area contributed by atoms with Crippen LogP contribution in [0.1, 0.15) is 0 Å². The van der Waals surface area contributed by atoms with Crippen LogP contribution in [-0.2, 0) is 0 Å². The third kappa shape index (κ3) is 3.85. The molecule has 0 spiro atoms. The highest BCUT2D eigenvalue weighted by molar-refractivity contribution is 7.20. The Morgan fingerprint density at radius 1 is 0.220 bits per heavy atom. The minimum Gasteiger partial charge on any atom is -0.195 e. The van der Waals surface area contributed by atoms with E-state index < -0.39 is 6.15 Å². The molecule has 0 fully saturated rings. The lowest BCUT2D eigenvalue weighted by Gasteiger charge is -2.45. The van der Waals surface area contributed by atoms with Gasteiger partial charge in [-0.25, -0.2) is 0 Å². The molecule has 0 nitrogen and oxygen atoms in total. The van der Waals surface area contributed by atoms with Gasteiger partial charge < -0.3 is 0 Å². The Bertz CT molecular complexity index is 1900. The lowest BCUT2D eigenvalue weighted by Crippen LogP contribution is -2.74. The topological polar surface area (TPSA) is 0 Å². The molecule has 41 heavy (non-hydrogen) atoms. The fourth-order valence-corrected chi connectivity index (χ4v) is 7.06. The Kier molecular flexibility index (Phi) is 5.50. The minimum atomic E-state index is -1.54. The van der Waals surface area contributed by atoms with Gasteiger partial charge in [0.25, 0.3) is 0 Å². The number of fused-ring (bicyclic) bond motifs is 4. The molecule has 1 heteroatoms. The van der Waals surface area contributed by atoms with Crippen LogP contribution in [0.5, 0.6) is 0 Å². The van der Waals surface area contributed by atoms with Crippen LogP contribution in [0.25, 0.3) is 43.1 Å². The second kappa shape index (κ2) is 9.50. The van der Waals surface area contributed by atoms with Crippen LogP contribution in [-0.4, -0.2) is 6.15 Å². The third-order valence-corrected chi connectivity index (χ3v) is 9.09. The highest BCUT2D eigenvalue weighted by Gasteiger charge is 2.32. The van der Waals surface area contributed by atoms with Crippen molar-refractivity contribution in [1.29, 1.82) is 0 Å². The summed E-state index contributed by atoms with van der Waals surface area (Å²) in [6.07, 6.45) is -1.54. The van der Waals surface area contributed by atoms with Crippen molar-refractivity contribution in [3.05, 3.63) is 170 Å². The zero-order valence-electron chi connectivity index (χ0n) is 22.7. The third-order valence-electron chi connectivity index (χ3n) is 9.09. The van der Waals surface area contributed by atoms with Gasteiger partial charge in [0, 0.05) is 0 Å². The predicted octanol–water partition coefficient (Wildman–Crippen LogP) is 7.68. The first-order valence-electron chi connectivity index (χ1n) is 14.4. The van der Waals surface area contributed by atoms with Crippen LogP contribution in [0, 0.1) is 0 Å². The second-order valence-electron chi connectivity index (χ2n) is 11.3. The average molecular weight is 519 g/mol. The molecule has 8 aromatic carbocycles. The Morgan fingerprint density at radius 3 is 0.683 bits per heavy atom. The van der Waals surface area contributed by atoms with Crippen molar-refractivity contribution >= 4 is 71.1 Å². The maximum absolute atomic E-state index is 2.43. The van der Waals surface area contributed by atoms with Crippen LogP contribution in [0.3, 0.4) is 0 Å². The van der Waals surface area contributed by atoms with Crippen LogP contribution in [0.15, 0.2) is 170 Å². The predicted molar refractivity (Wildman–Crippen MR) is 180 cm³/mol. The summed E-state index contributed by atoms with van der Waals surface area (Å²) in [5, 5.41) is 10.1. The van der Waals surface area contributed by atoms with Crippen LogP contribution < -0.4 is 21.9 Å². The molecule has 8 aromatic rings. The summed E-state index contributed by atoms with van der Waals surface area (Å²) in [5.41, 5.74) is 5.29. The molecular formula is C40H28B-. The molecule has 0 aliphatic rings. The van der Waals surface area contributed by atoms with E-state index in [1.54, 1.807) is 0 Å². The molecule has 0 aliphatic carbocycles. The Labute approximate surface area is 240 Å². The number of hydrogen-bond donors (Lipinski definition) is 0. The van der Waals surface area contributed by atoms with Crippen LogP contribution in [0.4, 0.5) is 0 Å². The van der Waals surface area contributed by atoms with Crippen molar-refractivity contribution in [2.24, 2.45) is 0 Å². The molecule has 0 aromatic heterocycles. The molecule has 0 unspecified atom stereocenters. The van der Waals surface area contributed by atoms with E-state index in [-0.39, 0.29) is 0 Å². The van der Waals surface area contributed by atoms with E-state index in [1.165, 1.54) is 64.9 Å². The van der Waals surface area contributed by atoms with Crippen molar-refractivity contribution < 1.29 is 0 Å². The number of hydrogen-bond acceptors (Lipinski definition) is 0. The molecule has 192 valence electrons. The smallest absolute Gasteiger partial charge is 0.108 e. The molecule has 0 bridgehead atoms. The van der Waals surface area contributed by atoms with Gasteiger partial charge >= 0.3 is 0 Å². The van der Waals surface area contributed by atoms with Crippen molar-refractivity contribution in [3.8, 4) is 0 Å². The van der Waals surface area contributed by atoms with Gasteiger partial charge in [0.05, 0.1) is 0 Å². The van der Waals surface area contributed by atoms with Crippen molar-refractivity contribution in [2.45, 2.75) is 0 Å². The van der Waals surface area contributed by atoms with E-state index in [0.717, 1.165) is 0 Å². The maximum Gasteiger partial charge on any atom is 0.108 e. The Hall–Kier alpha value is -5.14. The maximum atomic E-state index is 2.43. The molecule has 0 radical (unpaired) electrons. The fraction of sp³-hybridized carbons (Fsp3) is 0. The van der Waals surface area contributed by atoms with Crippen molar-refractivity contribution in [1.82, 2.24) is 0 Å². The molecule has 0 saturated heterocycles. The van der Waals surface area contributed by atoms with Gasteiger partial charge in [-0.2, -0.15) is 21.9 Å².